The lowest BCUT2D eigenvalue weighted by atomic mass is 9.93. The zero-order valence-corrected chi connectivity index (χ0v) is 15.3. The van der Waals surface area contributed by atoms with Gasteiger partial charge in [0.1, 0.15) is 0 Å². The Hall–Kier alpha value is -1.63. The molecule has 2 saturated heterocycles. The van der Waals surface area contributed by atoms with Crippen molar-refractivity contribution in [2.75, 3.05) is 46.3 Å². The standard InChI is InChI=1S/C18H25ClN4O2/c1-22-16(24)12-15(17(22)13-3-2-4-14(19)11-13)18(25)21-7-10-23-8-5-20-6-9-23/h2-4,11,15,17,20H,5-10,12H2,1H3,(H,21,25). The average Bonchev–Trinajstić information content (AvgIpc) is 2.91. The van der Waals surface area contributed by atoms with Crippen LogP contribution < -0.4 is 10.6 Å². The molecule has 2 amide bonds. The van der Waals surface area contributed by atoms with Crippen molar-refractivity contribution in [3.63, 3.8) is 0 Å². The molecule has 0 bridgehead atoms. The molecule has 1 aromatic rings. The molecule has 0 saturated carbocycles. The maximum Gasteiger partial charge on any atom is 0.226 e. The van der Waals surface area contributed by atoms with Gasteiger partial charge in [-0.05, 0) is 17.7 Å². The third-order valence-corrected chi connectivity index (χ3v) is 5.29. The molecule has 7 heteroatoms. The first kappa shape index (κ1) is 18.2. The molecule has 3 rings (SSSR count). The van der Waals surface area contributed by atoms with Crippen molar-refractivity contribution < 1.29 is 9.59 Å². The van der Waals surface area contributed by atoms with Crippen molar-refractivity contribution in [2.24, 2.45) is 5.92 Å². The summed E-state index contributed by atoms with van der Waals surface area (Å²) in [7, 11) is 1.75. The number of likely N-dealkylation sites (tertiary alicyclic amines) is 1. The number of nitrogens with zero attached hydrogens (tertiary/aromatic N) is 2. The van der Waals surface area contributed by atoms with Crippen LogP contribution in [0.1, 0.15) is 18.0 Å². The maximum absolute atomic E-state index is 12.7. The first-order chi connectivity index (χ1) is 12.1. The van der Waals surface area contributed by atoms with E-state index in [9.17, 15) is 9.59 Å². The topological polar surface area (TPSA) is 64.7 Å². The molecular weight excluding hydrogens is 340 g/mol. The van der Waals surface area contributed by atoms with Crippen LogP contribution in [0.15, 0.2) is 24.3 Å². The number of nitrogens with one attached hydrogen (secondary N) is 2. The first-order valence-corrected chi connectivity index (χ1v) is 9.16. The minimum absolute atomic E-state index is 0.00719. The lowest BCUT2D eigenvalue weighted by Crippen LogP contribution is -2.46. The van der Waals surface area contributed by atoms with Crippen LogP contribution in [0.3, 0.4) is 0 Å². The van der Waals surface area contributed by atoms with Gasteiger partial charge >= 0.3 is 0 Å². The zero-order valence-electron chi connectivity index (χ0n) is 14.5. The number of carbonyl (C=O) groups excluding carboxylic acids is 2. The van der Waals surface area contributed by atoms with Crippen LogP contribution in [0.5, 0.6) is 0 Å². The van der Waals surface area contributed by atoms with Crippen molar-refractivity contribution in [1.82, 2.24) is 20.4 Å². The third-order valence-electron chi connectivity index (χ3n) is 5.05. The largest absolute Gasteiger partial charge is 0.354 e. The normalized spacial score (nSPS) is 24.6. The second-order valence-electron chi connectivity index (χ2n) is 6.70. The minimum atomic E-state index is -0.376. The Balaban J connectivity index is 1.62. The highest BCUT2D eigenvalue weighted by Crippen LogP contribution is 2.37. The molecule has 2 heterocycles. The monoisotopic (exact) mass is 364 g/mol. The highest BCUT2D eigenvalue weighted by atomic mass is 35.5. The fourth-order valence-corrected chi connectivity index (χ4v) is 3.85. The highest BCUT2D eigenvalue weighted by Gasteiger charge is 2.42. The molecular formula is C18H25ClN4O2. The Labute approximate surface area is 153 Å². The lowest BCUT2D eigenvalue weighted by Gasteiger charge is -2.28. The fraction of sp³-hybridized carbons (Fsp3) is 0.556. The van der Waals surface area contributed by atoms with Crippen LogP contribution >= 0.6 is 11.6 Å². The number of hydrogen-bond donors (Lipinski definition) is 2. The predicted molar refractivity (Wildman–Crippen MR) is 97.4 cm³/mol. The van der Waals surface area contributed by atoms with Gasteiger partial charge < -0.3 is 15.5 Å². The number of carbonyl (C=O) groups is 2. The van der Waals surface area contributed by atoms with E-state index in [1.165, 1.54) is 0 Å². The van der Waals surface area contributed by atoms with Crippen LogP contribution in [-0.4, -0.2) is 67.9 Å². The van der Waals surface area contributed by atoms with Crippen LogP contribution in [0.2, 0.25) is 5.02 Å². The molecule has 25 heavy (non-hydrogen) atoms. The summed E-state index contributed by atoms with van der Waals surface area (Å²) in [5.74, 6) is -0.441. The van der Waals surface area contributed by atoms with Crippen LogP contribution in [0, 0.1) is 5.92 Å². The van der Waals surface area contributed by atoms with Crippen molar-refractivity contribution in [1.29, 1.82) is 0 Å². The smallest absolute Gasteiger partial charge is 0.226 e. The van der Waals surface area contributed by atoms with E-state index < -0.39 is 0 Å². The van der Waals surface area contributed by atoms with Crippen LogP contribution in [0.25, 0.3) is 0 Å². The zero-order chi connectivity index (χ0) is 17.8. The Morgan fingerprint density at radius 1 is 1.36 bits per heavy atom. The van der Waals surface area contributed by atoms with Gasteiger partial charge in [0.15, 0.2) is 0 Å². The summed E-state index contributed by atoms with van der Waals surface area (Å²) in [5.41, 5.74) is 0.906. The Morgan fingerprint density at radius 2 is 2.12 bits per heavy atom. The highest BCUT2D eigenvalue weighted by molar-refractivity contribution is 6.30. The Morgan fingerprint density at radius 3 is 2.84 bits per heavy atom. The number of amides is 2. The number of halogens is 1. The van der Waals surface area contributed by atoms with E-state index in [1.54, 1.807) is 18.0 Å². The summed E-state index contributed by atoms with van der Waals surface area (Å²) in [5, 5.41) is 6.94. The van der Waals surface area contributed by atoms with E-state index in [-0.39, 0.29) is 30.2 Å². The average molecular weight is 365 g/mol. The molecule has 2 aliphatic heterocycles. The number of piperazine rings is 1. The lowest BCUT2D eigenvalue weighted by molar-refractivity contribution is -0.128. The molecule has 136 valence electrons. The van der Waals surface area contributed by atoms with Gasteiger partial charge in [0.25, 0.3) is 0 Å². The summed E-state index contributed by atoms with van der Waals surface area (Å²) < 4.78 is 0. The van der Waals surface area contributed by atoms with Gasteiger partial charge in [0.05, 0.1) is 12.0 Å². The number of hydrogen-bond acceptors (Lipinski definition) is 4. The van der Waals surface area contributed by atoms with Gasteiger partial charge in [0, 0.05) is 57.8 Å². The van der Waals surface area contributed by atoms with E-state index >= 15 is 0 Å². The SMILES string of the molecule is CN1C(=O)CC(C(=O)NCCN2CCNCC2)C1c1cccc(Cl)c1. The van der Waals surface area contributed by atoms with Crippen LogP contribution in [0.4, 0.5) is 0 Å². The number of rotatable bonds is 5. The Bertz CT molecular complexity index is 633. The molecule has 2 fully saturated rings. The Kier molecular flexibility index (Phi) is 5.93. The fourth-order valence-electron chi connectivity index (χ4n) is 3.65. The molecule has 1 aromatic carbocycles. The maximum atomic E-state index is 12.7. The summed E-state index contributed by atoms with van der Waals surface area (Å²) in [6.45, 7) is 5.44. The molecule has 2 aliphatic rings. The third kappa shape index (κ3) is 4.32. The summed E-state index contributed by atoms with van der Waals surface area (Å²) in [6.07, 6.45) is 0.243. The second-order valence-corrected chi connectivity index (χ2v) is 7.13. The van der Waals surface area contributed by atoms with Crippen molar-refractivity contribution in [3.8, 4) is 0 Å². The van der Waals surface area contributed by atoms with Gasteiger partial charge in [0.2, 0.25) is 11.8 Å². The molecule has 6 nitrogen and oxygen atoms in total. The molecule has 0 spiro atoms. The minimum Gasteiger partial charge on any atom is -0.354 e. The van der Waals surface area contributed by atoms with E-state index in [4.69, 9.17) is 11.6 Å². The van der Waals surface area contributed by atoms with E-state index in [0.717, 1.165) is 38.3 Å². The quantitative estimate of drug-likeness (QED) is 0.814. The molecule has 2 atom stereocenters. The predicted octanol–water partition coefficient (Wildman–Crippen LogP) is 0.881. The van der Waals surface area contributed by atoms with E-state index in [2.05, 4.69) is 15.5 Å². The van der Waals surface area contributed by atoms with Gasteiger partial charge in [-0.1, -0.05) is 23.7 Å². The van der Waals surface area contributed by atoms with Crippen LogP contribution in [-0.2, 0) is 9.59 Å². The number of benzene rings is 1. The van der Waals surface area contributed by atoms with E-state index in [1.807, 2.05) is 18.2 Å². The van der Waals surface area contributed by atoms with Gasteiger partial charge in [-0.2, -0.15) is 0 Å². The summed E-state index contributed by atoms with van der Waals surface area (Å²) >= 11 is 6.09. The summed E-state index contributed by atoms with van der Waals surface area (Å²) in [4.78, 5) is 28.9. The second kappa shape index (κ2) is 8.17. The molecule has 2 unspecified atom stereocenters. The van der Waals surface area contributed by atoms with Crippen molar-refractivity contribution >= 4 is 23.4 Å². The van der Waals surface area contributed by atoms with Crippen molar-refractivity contribution in [3.05, 3.63) is 34.9 Å². The molecule has 0 aliphatic carbocycles. The van der Waals surface area contributed by atoms with Crippen molar-refractivity contribution in [2.45, 2.75) is 12.5 Å². The van der Waals surface area contributed by atoms with Gasteiger partial charge in [-0.15, -0.1) is 0 Å². The van der Waals surface area contributed by atoms with Gasteiger partial charge in [-0.3, -0.25) is 14.5 Å². The molecule has 0 radical (unpaired) electrons. The molecule has 0 aromatic heterocycles. The van der Waals surface area contributed by atoms with Gasteiger partial charge in [-0.25, -0.2) is 0 Å². The van der Waals surface area contributed by atoms with E-state index in [0.29, 0.717) is 11.6 Å². The molecule has 2 N–H and O–H groups in total. The first-order valence-electron chi connectivity index (χ1n) is 8.78. The summed E-state index contributed by atoms with van der Waals surface area (Å²) in [6, 6.07) is 7.15.